The van der Waals surface area contributed by atoms with Crippen LogP contribution in [0.1, 0.15) is 24.5 Å². The molecule has 21 heavy (non-hydrogen) atoms. The van der Waals surface area contributed by atoms with Gasteiger partial charge in [0, 0.05) is 19.5 Å². The van der Waals surface area contributed by atoms with E-state index in [0.29, 0.717) is 13.2 Å². The number of carbonyl (C=O) groups is 1. The number of morpholine rings is 1. The van der Waals surface area contributed by atoms with Crippen LogP contribution < -0.4 is 0 Å². The van der Waals surface area contributed by atoms with Gasteiger partial charge in [-0.15, -0.1) is 0 Å². The predicted octanol–water partition coefficient (Wildman–Crippen LogP) is 1.25. The zero-order valence-corrected chi connectivity index (χ0v) is 12.5. The maximum atomic E-state index is 12.2. The maximum absolute atomic E-state index is 12.2. The Bertz CT molecular complexity index is 572. The number of carboxylic acids is 1. The summed E-state index contributed by atoms with van der Waals surface area (Å²) in [6, 6.07) is 9.49. The molecule has 1 aliphatic heterocycles. The smallest absolute Gasteiger partial charge is 0.303 e. The summed E-state index contributed by atoms with van der Waals surface area (Å²) in [6.45, 7) is 0.940. The Labute approximate surface area is 124 Å². The van der Waals surface area contributed by atoms with E-state index in [1.807, 2.05) is 30.3 Å². The monoisotopic (exact) mass is 313 g/mol. The molecule has 0 aromatic heterocycles. The van der Waals surface area contributed by atoms with Gasteiger partial charge in [-0.1, -0.05) is 30.3 Å². The fourth-order valence-electron chi connectivity index (χ4n) is 2.28. The lowest BCUT2D eigenvalue weighted by molar-refractivity contribution is -0.137. The second kappa shape index (κ2) is 7.02. The molecule has 0 spiro atoms. The third-order valence-electron chi connectivity index (χ3n) is 3.39. The number of ether oxygens (including phenoxy) is 1. The van der Waals surface area contributed by atoms with Gasteiger partial charge in [0.1, 0.15) is 0 Å². The average molecular weight is 313 g/mol. The van der Waals surface area contributed by atoms with Gasteiger partial charge in [-0.2, -0.15) is 4.31 Å². The molecule has 1 saturated heterocycles. The number of nitrogens with zero attached hydrogens (tertiary/aromatic N) is 1. The van der Waals surface area contributed by atoms with E-state index in [1.54, 1.807) is 0 Å². The van der Waals surface area contributed by atoms with Crippen molar-refractivity contribution in [3.05, 3.63) is 35.9 Å². The summed E-state index contributed by atoms with van der Waals surface area (Å²) in [5, 5.41) is 8.58. The van der Waals surface area contributed by atoms with Gasteiger partial charge in [-0.25, -0.2) is 8.42 Å². The number of hydrogen-bond acceptors (Lipinski definition) is 4. The van der Waals surface area contributed by atoms with Crippen LogP contribution in [0.5, 0.6) is 0 Å². The van der Waals surface area contributed by atoms with Crippen molar-refractivity contribution in [3.8, 4) is 0 Å². The second-order valence-electron chi connectivity index (χ2n) is 4.94. The largest absolute Gasteiger partial charge is 0.481 e. The van der Waals surface area contributed by atoms with Crippen molar-refractivity contribution in [2.24, 2.45) is 0 Å². The van der Waals surface area contributed by atoms with Crippen molar-refractivity contribution in [1.82, 2.24) is 4.31 Å². The van der Waals surface area contributed by atoms with Gasteiger partial charge in [0.2, 0.25) is 10.0 Å². The summed E-state index contributed by atoms with van der Waals surface area (Å²) in [7, 11) is -3.43. The quantitative estimate of drug-likeness (QED) is 0.854. The zero-order valence-electron chi connectivity index (χ0n) is 11.6. The Morgan fingerprint density at radius 2 is 2.05 bits per heavy atom. The Hall–Kier alpha value is -1.44. The van der Waals surface area contributed by atoms with Gasteiger partial charge in [0.15, 0.2) is 0 Å². The van der Waals surface area contributed by atoms with Crippen LogP contribution >= 0.6 is 0 Å². The second-order valence-corrected chi connectivity index (χ2v) is 7.03. The highest BCUT2D eigenvalue weighted by molar-refractivity contribution is 7.89. The van der Waals surface area contributed by atoms with Gasteiger partial charge in [0.25, 0.3) is 0 Å². The van der Waals surface area contributed by atoms with Crippen molar-refractivity contribution in [1.29, 1.82) is 0 Å². The number of sulfonamides is 1. The normalized spacial score (nSPS) is 20.3. The molecule has 6 nitrogen and oxygen atoms in total. The minimum atomic E-state index is -3.43. The average Bonchev–Trinajstić information content (AvgIpc) is 2.48. The van der Waals surface area contributed by atoms with Crippen LogP contribution in [0.15, 0.2) is 30.3 Å². The van der Waals surface area contributed by atoms with Crippen molar-refractivity contribution in [2.45, 2.75) is 18.9 Å². The molecule has 0 bridgehead atoms. The molecule has 0 saturated carbocycles. The van der Waals surface area contributed by atoms with E-state index < -0.39 is 16.0 Å². The van der Waals surface area contributed by atoms with Crippen LogP contribution in [0, 0.1) is 0 Å². The first-order valence-corrected chi connectivity index (χ1v) is 8.46. The van der Waals surface area contributed by atoms with Crippen LogP contribution in [0.4, 0.5) is 0 Å². The number of carboxylic acid groups (broad SMARTS) is 1. The van der Waals surface area contributed by atoms with Gasteiger partial charge in [-0.3, -0.25) is 4.79 Å². The highest BCUT2D eigenvalue weighted by Gasteiger charge is 2.29. The molecular formula is C14H19NO5S. The van der Waals surface area contributed by atoms with E-state index in [0.717, 1.165) is 5.56 Å². The number of aliphatic carboxylic acids is 1. The highest BCUT2D eigenvalue weighted by atomic mass is 32.2. The molecule has 1 atom stereocenters. The lowest BCUT2D eigenvalue weighted by atomic mass is 10.1. The first-order chi connectivity index (χ1) is 9.99. The van der Waals surface area contributed by atoms with E-state index in [9.17, 15) is 13.2 Å². The summed E-state index contributed by atoms with van der Waals surface area (Å²) in [5.41, 5.74) is 0.947. The molecule has 116 valence electrons. The van der Waals surface area contributed by atoms with E-state index in [1.165, 1.54) is 4.31 Å². The summed E-state index contributed by atoms with van der Waals surface area (Å²) >= 11 is 0. The van der Waals surface area contributed by atoms with E-state index in [4.69, 9.17) is 9.84 Å². The maximum Gasteiger partial charge on any atom is 0.303 e. The molecule has 0 amide bonds. The van der Waals surface area contributed by atoms with Crippen molar-refractivity contribution in [3.63, 3.8) is 0 Å². The summed E-state index contributed by atoms with van der Waals surface area (Å²) in [6.07, 6.45) is -0.273. The number of rotatable bonds is 6. The highest BCUT2D eigenvalue weighted by Crippen LogP contribution is 2.23. The fraction of sp³-hybridized carbons (Fsp3) is 0.500. The van der Waals surface area contributed by atoms with E-state index in [-0.39, 0.29) is 31.2 Å². The van der Waals surface area contributed by atoms with Crippen LogP contribution in [-0.4, -0.2) is 49.2 Å². The molecule has 2 rings (SSSR count). The molecular weight excluding hydrogens is 294 g/mol. The van der Waals surface area contributed by atoms with Crippen molar-refractivity contribution < 1.29 is 23.1 Å². The number of hydrogen-bond donors (Lipinski definition) is 1. The Morgan fingerprint density at radius 1 is 1.33 bits per heavy atom. The first-order valence-electron chi connectivity index (χ1n) is 6.85. The molecule has 7 heteroatoms. The van der Waals surface area contributed by atoms with Crippen LogP contribution in [0.25, 0.3) is 0 Å². The molecule has 1 unspecified atom stereocenters. The van der Waals surface area contributed by atoms with Gasteiger partial charge in [0.05, 0.1) is 18.5 Å². The lowest BCUT2D eigenvalue weighted by Gasteiger charge is -2.32. The summed E-state index contributed by atoms with van der Waals surface area (Å²) < 4.78 is 31.5. The van der Waals surface area contributed by atoms with Crippen LogP contribution in [-0.2, 0) is 19.6 Å². The first kappa shape index (κ1) is 15.9. The molecule has 1 aromatic rings. The third-order valence-corrected chi connectivity index (χ3v) is 5.31. The minimum absolute atomic E-state index is 0.130. The standard InChI is InChI=1S/C14H19NO5S/c16-14(17)7-4-10-21(18,19)15-8-9-20-13(11-15)12-5-2-1-3-6-12/h1-3,5-6,13H,4,7-11H2,(H,16,17). The van der Waals surface area contributed by atoms with E-state index >= 15 is 0 Å². The van der Waals surface area contributed by atoms with Gasteiger partial charge < -0.3 is 9.84 Å². The van der Waals surface area contributed by atoms with Gasteiger partial charge >= 0.3 is 5.97 Å². The summed E-state index contributed by atoms with van der Waals surface area (Å²) in [4.78, 5) is 10.5. The minimum Gasteiger partial charge on any atom is -0.481 e. The molecule has 1 heterocycles. The Balaban J connectivity index is 1.98. The molecule has 1 N–H and O–H groups in total. The SMILES string of the molecule is O=C(O)CCCS(=O)(=O)N1CCOC(c2ccccc2)C1. The molecule has 1 aliphatic rings. The van der Waals surface area contributed by atoms with Crippen LogP contribution in [0.3, 0.4) is 0 Å². The third kappa shape index (κ3) is 4.52. The molecule has 1 fully saturated rings. The number of benzene rings is 1. The van der Waals surface area contributed by atoms with Crippen molar-refractivity contribution in [2.75, 3.05) is 25.4 Å². The Kier molecular flexibility index (Phi) is 5.33. The molecule has 1 aromatic carbocycles. The van der Waals surface area contributed by atoms with Crippen molar-refractivity contribution >= 4 is 16.0 Å². The zero-order chi connectivity index (χ0) is 15.3. The fourth-order valence-corrected chi connectivity index (χ4v) is 3.77. The molecule has 0 aliphatic carbocycles. The predicted molar refractivity (Wildman–Crippen MR) is 77.4 cm³/mol. The topological polar surface area (TPSA) is 83.9 Å². The lowest BCUT2D eigenvalue weighted by Crippen LogP contribution is -2.43. The van der Waals surface area contributed by atoms with Gasteiger partial charge in [-0.05, 0) is 12.0 Å². The van der Waals surface area contributed by atoms with E-state index in [2.05, 4.69) is 0 Å². The Morgan fingerprint density at radius 3 is 2.71 bits per heavy atom. The van der Waals surface area contributed by atoms with Crippen LogP contribution in [0.2, 0.25) is 0 Å². The summed E-state index contributed by atoms with van der Waals surface area (Å²) in [5.74, 6) is -1.12. The molecule has 0 radical (unpaired) electrons.